The largest absolute Gasteiger partial charge is 0.286 e. The number of carbonyl (C=O) groups excluding carboxylic acids is 1. The molecule has 4 aliphatic rings. The maximum Gasteiger partial charge on any atom is 0.207 e. The first-order valence-corrected chi connectivity index (χ1v) is 16.3. The van der Waals surface area contributed by atoms with Gasteiger partial charge >= 0.3 is 0 Å². The molecule has 0 amide bonds. The first-order chi connectivity index (χ1) is 16.5. The van der Waals surface area contributed by atoms with Crippen molar-refractivity contribution in [1.29, 1.82) is 0 Å². The number of fused-ring (bicyclic) bond motifs is 5. The Bertz CT molecular complexity index is 788. The van der Waals surface area contributed by atoms with Gasteiger partial charge < -0.3 is 0 Å². The summed E-state index contributed by atoms with van der Waals surface area (Å²) in [4.78, 5) is 12.7. The molecular weight excluding hydrogens is 468 g/mol. The third-order valence-electron chi connectivity index (χ3n) is 11.4. The van der Waals surface area contributed by atoms with Crippen LogP contribution in [0, 0.1) is 52.3 Å². The van der Waals surface area contributed by atoms with Gasteiger partial charge in [0, 0.05) is 5.25 Å². The van der Waals surface area contributed by atoms with Gasteiger partial charge in [-0.05, 0) is 104 Å². The number of hydrogen-bond donors (Lipinski definition) is 0. The van der Waals surface area contributed by atoms with Crippen molar-refractivity contribution in [3.63, 3.8) is 0 Å². The summed E-state index contributed by atoms with van der Waals surface area (Å²) in [6.45, 7) is 16.7. The number of halogens is 1. The monoisotopic (exact) mass is 520 g/mol. The van der Waals surface area contributed by atoms with Crippen LogP contribution in [0.2, 0.25) is 0 Å². The van der Waals surface area contributed by atoms with Gasteiger partial charge in [-0.2, -0.15) is 0 Å². The second-order valence-electron chi connectivity index (χ2n) is 14.2. The summed E-state index contributed by atoms with van der Waals surface area (Å²) >= 11 is 7.95. The minimum Gasteiger partial charge on any atom is -0.286 e. The molecule has 0 unspecified atom stereocenters. The van der Waals surface area contributed by atoms with Crippen LogP contribution in [0.5, 0.6) is 0 Å². The molecule has 3 fully saturated rings. The number of hydrogen-bond acceptors (Lipinski definition) is 2. The van der Waals surface area contributed by atoms with Crippen LogP contribution in [0.15, 0.2) is 11.6 Å². The molecule has 200 valence electrons. The van der Waals surface area contributed by atoms with E-state index in [1.54, 1.807) is 17.3 Å². The molecule has 4 rings (SSSR count). The van der Waals surface area contributed by atoms with Crippen LogP contribution in [0.1, 0.15) is 119 Å². The molecule has 9 atom stereocenters. The Balaban J connectivity index is 1.43. The van der Waals surface area contributed by atoms with E-state index in [0.717, 1.165) is 41.9 Å². The third-order valence-corrected chi connectivity index (χ3v) is 13.4. The van der Waals surface area contributed by atoms with E-state index in [-0.39, 0.29) is 16.4 Å². The standard InChI is InChI=1S/C32H53ClOS/c1-20(2)9-8-10-22(5)26-13-14-27-25-12-11-23-19-24(35-30(34)29(33)21(3)4)15-17-31(23,6)28(25)16-18-32(26,27)7/h11,20-22,24-29H,8-10,12-19H2,1-7H3/t22-,24+,25-,26+,27-,28-,29+,31+,32-/m1/s1. The molecule has 4 aliphatic carbocycles. The SMILES string of the molecule is CC(C)CCC[C@@H](C)[C@@H]1CC[C@@H]2[C@H]3CC=C4C[C@@H](SC(=O)[C@@H](Cl)C(C)C)CC[C@]4(C)[C@@H]3CC[C@@]21C. The highest BCUT2D eigenvalue weighted by molar-refractivity contribution is 8.14. The molecule has 1 nitrogen and oxygen atoms in total. The second-order valence-corrected chi connectivity index (χ2v) is 16.0. The van der Waals surface area contributed by atoms with Gasteiger partial charge in [-0.3, -0.25) is 4.79 Å². The Morgan fingerprint density at radius 3 is 2.46 bits per heavy atom. The molecule has 0 aliphatic heterocycles. The molecule has 0 bridgehead atoms. The highest BCUT2D eigenvalue weighted by Gasteiger charge is 2.59. The van der Waals surface area contributed by atoms with Crippen molar-refractivity contribution in [3.05, 3.63) is 11.6 Å². The lowest BCUT2D eigenvalue weighted by atomic mass is 9.47. The number of allylic oxidation sites excluding steroid dienone is 2. The maximum atomic E-state index is 12.7. The smallest absolute Gasteiger partial charge is 0.207 e. The Morgan fingerprint density at radius 1 is 1.03 bits per heavy atom. The van der Waals surface area contributed by atoms with E-state index < -0.39 is 0 Å². The van der Waals surface area contributed by atoms with E-state index in [1.807, 2.05) is 0 Å². The van der Waals surface area contributed by atoms with Gasteiger partial charge in [0.2, 0.25) is 5.12 Å². The summed E-state index contributed by atoms with van der Waals surface area (Å²) in [5, 5.41) is 0.268. The Labute approximate surface area is 226 Å². The number of thioether (sulfide) groups is 1. The first kappa shape index (κ1) is 28.1. The molecule has 3 heteroatoms. The van der Waals surface area contributed by atoms with Gasteiger partial charge in [0.15, 0.2) is 0 Å². The molecule has 0 aromatic heterocycles. The van der Waals surface area contributed by atoms with Gasteiger partial charge in [0.05, 0.1) is 0 Å². The van der Waals surface area contributed by atoms with E-state index in [1.165, 1.54) is 64.2 Å². The van der Waals surface area contributed by atoms with Crippen LogP contribution in [-0.2, 0) is 4.79 Å². The van der Waals surface area contributed by atoms with Gasteiger partial charge in [-0.1, -0.05) is 91.1 Å². The average molecular weight is 521 g/mol. The van der Waals surface area contributed by atoms with Crippen molar-refractivity contribution < 1.29 is 4.79 Å². The van der Waals surface area contributed by atoms with Gasteiger partial charge in [0.1, 0.15) is 5.38 Å². The van der Waals surface area contributed by atoms with Crippen molar-refractivity contribution in [3.8, 4) is 0 Å². The predicted octanol–water partition coefficient (Wildman–Crippen LogP) is 9.92. The van der Waals surface area contributed by atoms with Crippen molar-refractivity contribution >= 4 is 28.5 Å². The van der Waals surface area contributed by atoms with Crippen LogP contribution in [0.3, 0.4) is 0 Å². The topological polar surface area (TPSA) is 17.1 Å². The van der Waals surface area contributed by atoms with Crippen molar-refractivity contribution in [2.45, 2.75) is 130 Å². The Hall–Kier alpha value is 0.0500. The van der Waals surface area contributed by atoms with E-state index in [0.29, 0.717) is 16.1 Å². The zero-order chi connectivity index (χ0) is 25.5. The summed E-state index contributed by atoms with van der Waals surface area (Å²) in [6.07, 6.45) is 17.5. The van der Waals surface area contributed by atoms with Crippen LogP contribution < -0.4 is 0 Å². The first-order valence-electron chi connectivity index (χ1n) is 15.0. The zero-order valence-corrected chi connectivity index (χ0v) is 25.3. The number of rotatable bonds is 8. The average Bonchev–Trinajstić information content (AvgIpc) is 3.15. The van der Waals surface area contributed by atoms with Crippen LogP contribution in [-0.4, -0.2) is 15.7 Å². The molecule has 0 saturated heterocycles. The predicted molar refractivity (Wildman–Crippen MR) is 154 cm³/mol. The molecule has 0 radical (unpaired) electrons. The van der Waals surface area contributed by atoms with E-state index in [2.05, 4.69) is 54.5 Å². The highest BCUT2D eigenvalue weighted by atomic mass is 35.5. The number of alkyl halides is 1. The fourth-order valence-electron chi connectivity index (χ4n) is 9.25. The molecule has 3 saturated carbocycles. The van der Waals surface area contributed by atoms with Gasteiger partial charge in [-0.15, -0.1) is 11.6 Å². The lowest BCUT2D eigenvalue weighted by Gasteiger charge is -2.58. The lowest BCUT2D eigenvalue weighted by Crippen LogP contribution is -2.50. The molecule has 35 heavy (non-hydrogen) atoms. The Kier molecular flexibility index (Phi) is 8.85. The molecule has 0 N–H and O–H groups in total. The van der Waals surface area contributed by atoms with Crippen molar-refractivity contribution in [2.75, 3.05) is 0 Å². The highest BCUT2D eigenvalue weighted by Crippen LogP contribution is 2.67. The normalized spacial score (nSPS) is 40.6. The molecule has 0 aromatic carbocycles. The van der Waals surface area contributed by atoms with Gasteiger partial charge in [-0.25, -0.2) is 0 Å². The number of carbonyl (C=O) groups is 1. The third kappa shape index (κ3) is 5.46. The van der Waals surface area contributed by atoms with Crippen molar-refractivity contribution in [2.24, 2.45) is 52.3 Å². The fraction of sp³-hybridized carbons (Fsp3) is 0.906. The minimum absolute atomic E-state index is 0.192. The van der Waals surface area contributed by atoms with E-state index in [9.17, 15) is 4.79 Å². The molecular formula is C32H53ClOS. The van der Waals surface area contributed by atoms with Crippen LogP contribution in [0.25, 0.3) is 0 Å². The van der Waals surface area contributed by atoms with Gasteiger partial charge in [0.25, 0.3) is 0 Å². The summed E-state index contributed by atoms with van der Waals surface area (Å²) < 4.78 is 0. The van der Waals surface area contributed by atoms with E-state index in [4.69, 9.17) is 11.6 Å². The summed E-state index contributed by atoms with van der Waals surface area (Å²) in [6, 6.07) is 0. The quantitative estimate of drug-likeness (QED) is 0.234. The second kappa shape index (κ2) is 11.0. The minimum atomic E-state index is -0.350. The Morgan fingerprint density at radius 2 is 1.77 bits per heavy atom. The lowest BCUT2D eigenvalue weighted by molar-refractivity contribution is -0.111. The zero-order valence-electron chi connectivity index (χ0n) is 23.7. The van der Waals surface area contributed by atoms with Crippen LogP contribution >= 0.6 is 23.4 Å². The molecule has 0 spiro atoms. The summed E-state index contributed by atoms with van der Waals surface area (Å²) in [5.41, 5.74) is 2.61. The molecule has 0 heterocycles. The van der Waals surface area contributed by atoms with Crippen LogP contribution in [0.4, 0.5) is 0 Å². The van der Waals surface area contributed by atoms with Crippen molar-refractivity contribution in [1.82, 2.24) is 0 Å². The summed E-state index contributed by atoms with van der Waals surface area (Å²) in [5.74, 6) is 5.53. The maximum absolute atomic E-state index is 12.7. The van der Waals surface area contributed by atoms with E-state index >= 15 is 0 Å². The summed E-state index contributed by atoms with van der Waals surface area (Å²) in [7, 11) is 0. The fourth-order valence-corrected chi connectivity index (χ4v) is 10.6. The molecule has 0 aromatic rings.